The molecule has 2 aliphatic carbocycles. The highest BCUT2D eigenvalue weighted by Gasteiger charge is 2.30. The zero-order valence-corrected chi connectivity index (χ0v) is 58.3. The normalized spacial score (nSPS) is 23.4. The number of rotatable bonds is 0. The Labute approximate surface area is 497 Å². The number of aliphatic hydroxyl groups is 4. The maximum Gasteiger partial charge on any atom is 0.0564 e. The number of hydrogen-bond donors (Lipinski definition) is 7. The van der Waals surface area contributed by atoms with Crippen LogP contribution in [-0.2, 0) is 0 Å². The van der Waals surface area contributed by atoms with Gasteiger partial charge in [-0.05, 0) is 210 Å². The molecule has 9 nitrogen and oxygen atoms in total. The van der Waals surface area contributed by atoms with E-state index in [4.69, 9.17) is 5.11 Å². The van der Waals surface area contributed by atoms with Gasteiger partial charge in [0.1, 0.15) is 0 Å². The number of hydrogen-bond acceptors (Lipinski definition) is 9. The van der Waals surface area contributed by atoms with Crippen LogP contribution in [0.4, 0.5) is 0 Å². The number of likely N-dealkylation sites (tertiary alicyclic amines) is 2. The molecular formula is C70H149N5O4. The first-order valence-corrected chi connectivity index (χ1v) is 33.0. The van der Waals surface area contributed by atoms with Gasteiger partial charge in [0.2, 0.25) is 0 Å². The number of aliphatic hydroxyl groups excluding tert-OH is 4. The molecule has 0 bridgehead atoms. The molecule has 6 fully saturated rings. The van der Waals surface area contributed by atoms with Crippen molar-refractivity contribution in [1.29, 1.82) is 0 Å². The molecule has 2 saturated carbocycles. The summed E-state index contributed by atoms with van der Waals surface area (Å²) in [5, 5.41) is 47.0. The maximum absolute atomic E-state index is 9.45. The number of nitrogens with zero attached hydrogens (tertiary/aromatic N) is 2. The first-order chi connectivity index (χ1) is 36.0. The largest absolute Gasteiger partial charge is 0.393 e. The lowest BCUT2D eigenvalue weighted by Crippen LogP contribution is -2.47. The lowest BCUT2D eigenvalue weighted by atomic mass is 9.72. The summed E-state index contributed by atoms with van der Waals surface area (Å²) < 4.78 is 0. The third-order valence-corrected chi connectivity index (χ3v) is 14.2. The summed E-state index contributed by atoms with van der Waals surface area (Å²) in [6.45, 7) is 64.8. The molecule has 7 rings (SSSR count). The summed E-state index contributed by atoms with van der Waals surface area (Å²) in [5.74, 6) is 0.728. The van der Waals surface area contributed by atoms with E-state index in [2.05, 4.69) is 198 Å². The lowest BCUT2D eigenvalue weighted by Gasteiger charge is -2.39. The standard InChI is InChI=1S/C10H21NO.C10H20O.C9H19NO.C9H17N.C6H13N.C6H12O.C5H11N.3C5H12/c1-10(2,3)11-7-4-5-9(12)6-8-11;1-10(2,3)8-5-4-6-9(11)7-8;1-9(2,3)10-6-4-8(11)5-7-10;1-9(2,3)8-4-6-10-7-5-8;1-2-4-6-7-5-3-1;7-6-4-2-1-3-5-6;1-2-4-6-5-3-1;3*1-5(2,3)4/h9,12H,4-8H2,1-3H3;8-9,11H,4-7H2,1-3H3;8,11H,4-7H2,1-3H3;4,10H,5-7H2,1-3H3;7H,1-6H2;6-7H,1-5H2;6H,1-5H2;3*1-4H3. The van der Waals surface area contributed by atoms with Crippen LogP contribution in [-0.4, -0.2) is 131 Å². The smallest absolute Gasteiger partial charge is 0.0564 e. The monoisotopic (exact) mass is 1120 g/mol. The molecule has 5 heterocycles. The highest BCUT2D eigenvalue weighted by atomic mass is 16.3. The second kappa shape index (κ2) is 43.9. The van der Waals surface area contributed by atoms with E-state index in [0.717, 1.165) is 103 Å². The highest BCUT2D eigenvalue weighted by Crippen LogP contribution is 2.37. The Bertz CT molecular complexity index is 1310. The Hall–Kier alpha value is -0.620. The van der Waals surface area contributed by atoms with Gasteiger partial charge in [0.25, 0.3) is 0 Å². The van der Waals surface area contributed by atoms with E-state index in [1.54, 1.807) is 5.57 Å². The van der Waals surface area contributed by atoms with E-state index in [-0.39, 0.29) is 35.5 Å². The van der Waals surface area contributed by atoms with Gasteiger partial charge in [0.15, 0.2) is 0 Å². The van der Waals surface area contributed by atoms with Crippen LogP contribution in [0.5, 0.6) is 0 Å². The Morgan fingerprint density at radius 2 is 0.684 bits per heavy atom. The van der Waals surface area contributed by atoms with Crippen LogP contribution in [0.25, 0.3) is 0 Å². The van der Waals surface area contributed by atoms with Gasteiger partial charge in [-0.3, -0.25) is 9.80 Å². The molecule has 5 aliphatic heterocycles. The highest BCUT2D eigenvalue weighted by molar-refractivity contribution is 5.14. The summed E-state index contributed by atoms with van der Waals surface area (Å²) in [6, 6.07) is 0. The van der Waals surface area contributed by atoms with Crippen LogP contribution in [0.1, 0.15) is 307 Å². The van der Waals surface area contributed by atoms with Crippen LogP contribution in [0, 0.1) is 33.0 Å². The van der Waals surface area contributed by atoms with Gasteiger partial charge in [-0.25, -0.2) is 0 Å². The second-order valence-corrected chi connectivity index (χ2v) is 33.2. The fourth-order valence-corrected chi connectivity index (χ4v) is 9.40. The fraction of sp³-hybridized carbons (Fsp3) is 0.971. The minimum Gasteiger partial charge on any atom is -0.393 e. The van der Waals surface area contributed by atoms with Crippen molar-refractivity contribution in [2.24, 2.45) is 33.0 Å². The van der Waals surface area contributed by atoms with Crippen molar-refractivity contribution >= 4 is 0 Å². The van der Waals surface area contributed by atoms with Crippen LogP contribution < -0.4 is 16.0 Å². The van der Waals surface area contributed by atoms with Crippen LogP contribution in [0.3, 0.4) is 0 Å². The van der Waals surface area contributed by atoms with E-state index in [9.17, 15) is 15.3 Å². The van der Waals surface area contributed by atoms with Crippen LogP contribution >= 0.6 is 0 Å². The molecule has 0 amide bonds. The van der Waals surface area contributed by atoms with Crippen molar-refractivity contribution in [3.8, 4) is 0 Å². The molecule has 79 heavy (non-hydrogen) atoms. The molecule has 0 spiro atoms. The Balaban J connectivity index is -0.000000826. The quantitative estimate of drug-likeness (QED) is 0.119. The van der Waals surface area contributed by atoms with E-state index in [1.165, 1.54) is 110 Å². The maximum atomic E-state index is 9.45. The zero-order valence-electron chi connectivity index (χ0n) is 58.3. The Kier molecular flexibility index (Phi) is 45.9. The molecular weight excluding hydrogens is 975 g/mol. The van der Waals surface area contributed by atoms with Gasteiger partial charge < -0.3 is 36.4 Å². The molecule has 0 aromatic rings. The van der Waals surface area contributed by atoms with E-state index >= 15 is 0 Å². The summed E-state index contributed by atoms with van der Waals surface area (Å²) in [5.41, 5.74) is 4.43. The van der Waals surface area contributed by atoms with Gasteiger partial charge >= 0.3 is 0 Å². The summed E-state index contributed by atoms with van der Waals surface area (Å²) >= 11 is 0. The zero-order chi connectivity index (χ0) is 61.6. The molecule has 0 radical (unpaired) electrons. The second-order valence-electron chi connectivity index (χ2n) is 33.2. The lowest BCUT2D eigenvalue weighted by molar-refractivity contribution is 0.0378. The SMILES string of the molecule is C1CCCNCC1.C1CCNCC1.CC(C)(C)C.CC(C)(C)C.CC(C)(C)C.CC(C)(C)C1=CCNCC1.CC(C)(C)C1CCCC(O)C1.CC(C)(C)N1CCC(O)CC1.CC(C)(C)N1CCCC(O)CC1.OC1CCCCC1. The predicted octanol–water partition coefficient (Wildman–Crippen LogP) is 16.8. The van der Waals surface area contributed by atoms with Crippen LogP contribution in [0.2, 0.25) is 0 Å². The van der Waals surface area contributed by atoms with Crippen LogP contribution in [0.15, 0.2) is 11.6 Å². The van der Waals surface area contributed by atoms with Crippen molar-refractivity contribution < 1.29 is 20.4 Å². The molecule has 7 aliphatic rings. The fourth-order valence-electron chi connectivity index (χ4n) is 9.40. The summed E-state index contributed by atoms with van der Waals surface area (Å²) in [4.78, 5) is 4.89. The molecule has 7 N–H and O–H groups in total. The first kappa shape index (κ1) is 82.6. The number of nitrogens with one attached hydrogen (secondary N) is 3. The van der Waals surface area contributed by atoms with E-state index in [0.29, 0.717) is 27.1 Å². The average molecular weight is 1120 g/mol. The van der Waals surface area contributed by atoms with Gasteiger partial charge in [-0.15, -0.1) is 0 Å². The molecule has 3 unspecified atom stereocenters. The molecule has 9 heteroatoms. The van der Waals surface area contributed by atoms with Crippen molar-refractivity contribution in [2.75, 3.05) is 65.4 Å². The van der Waals surface area contributed by atoms with Gasteiger partial charge in [0, 0.05) is 37.3 Å². The third kappa shape index (κ3) is 63.2. The van der Waals surface area contributed by atoms with Gasteiger partial charge in [0.05, 0.1) is 24.4 Å². The average Bonchev–Trinajstić information content (AvgIpc) is 3.76. The van der Waals surface area contributed by atoms with Gasteiger partial charge in [-0.2, -0.15) is 0 Å². The topological polar surface area (TPSA) is 123 Å². The van der Waals surface area contributed by atoms with Crippen molar-refractivity contribution in [1.82, 2.24) is 25.8 Å². The molecule has 4 saturated heterocycles. The summed E-state index contributed by atoms with van der Waals surface area (Å²) in [6.07, 6.45) is 28.7. The van der Waals surface area contributed by atoms with Gasteiger partial charge in [-0.1, -0.05) is 181 Å². The van der Waals surface area contributed by atoms with Crippen molar-refractivity contribution in [3.63, 3.8) is 0 Å². The molecule has 478 valence electrons. The van der Waals surface area contributed by atoms with E-state index < -0.39 is 0 Å². The predicted molar refractivity (Wildman–Crippen MR) is 353 cm³/mol. The minimum atomic E-state index is -0.0580. The Morgan fingerprint density at radius 1 is 0.354 bits per heavy atom. The first-order valence-electron chi connectivity index (χ1n) is 33.0. The third-order valence-electron chi connectivity index (χ3n) is 14.2. The van der Waals surface area contributed by atoms with Crippen molar-refractivity contribution in [2.45, 2.75) is 343 Å². The molecule has 0 aromatic heterocycles. The summed E-state index contributed by atoms with van der Waals surface area (Å²) in [7, 11) is 0. The Morgan fingerprint density at radius 3 is 0.962 bits per heavy atom. The number of piperidine rings is 2. The molecule has 0 aromatic carbocycles. The minimum absolute atomic E-state index is 0.0204. The van der Waals surface area contributed by atoms with E-state index in [1.807, 2.05) is 0 Å². The molecule has 3 atom stereocenters. The van der Waals surface area contributed by atoms with Crippen molar-refractivity contribution in [3.05, 3.63) is 11.6 Å².